The molecule has 0 bridgehead atoms. The van der Waals surface area contributed by atoms with Gasteiger partial charge in [0.05, 0.1) is 30.2 Å². The molecule has 15 heteroatoms. The van der Waals surface area contributed by atoms with Crippen LogP contribution in [-0.2, 0) is 6.67 Å². The van der Waals surface area contributed by atoms with E-state index in [2.05, 4.69) is 15.1 Å². The van der Waals surface area contributed by atoms with E-state index in [0.717, 1.165) is 18.9 Å². The van der Waals surface area contributed by atoms with Crippen LogP contribution in [0.2, 0.25) is 0 Å². The maximum atomic E-state index is 15.8. The molecule has 2 aliphatic rings. The molecule has 3 heterocycles. The van der Waals surface area contributed by atoms with Gasteiger partial charge < -0.3 is 30.2 Å². The molecular weight excluding hydrogens is 596 g/mol. The number of pyridine rings is 1. The highest BCUT2D eigenvalue weighted by atomic mass is 32.1. The minimum absolute atomic E-state index is 0.0124. The molecule has 2 aromatic carbocycles. The van der Waals surface area contributed by atoms with Crippen LogP contribution in [-0.4, -0.2) is 68.1 Å². The molecule has 4 aromatic rings. The Hall–Kier alpha value is -4.63. The van der Waals surface area contributed by atoms with Crippen molar-refractivity contribution in [1.82, 2.24) is 14.0 Å². The van der Waals surface area contributed by atoms with Crippen molar-refractivity contribution in [3.05, 3.63) is 57.9 Å². The highest BCUT2D eigenvalue weighted by Gasteiger charge is 2.34. The number of azo groups is 1. The van der Waals surface area contributed by atoms with E-state index in [1.807, 2.05) is 11.8 Å². The molecule has 4 N–H and O–H groups in total. The van der Waals surface area contributed by atoms with Crippen LogP contribution in [0.4, 0.5) is 20.2 Å². The number of nitrogens with zero attached hydrogens (tertiary/aromatic N) is 6. The van der Waals surface area contributed by atoms with Crippen molar-refractivity contribution < 1.29 is 28.5 Å². The Morgan fingerprint density at radius 2 is 1.95 bits per heavy atom. The molecule has 1 unspecified atom stereocenters. The van der Waals surface area contributed by atoms with Gasteiger partial charge in [0, 0.05) is 43.3 Å². The standard InChI is InChI=1S/C29H29F2N7O5S/c1-14-11-35(7-8-36(14)13-38-21-6-3-15(30)9-17(21)22(27(38)40)33-34-29(32)44)24-20(31)10-18-23(26(24)43-2)37(16-4-5-16)12-19(25(18)39)28(41)42/h3,6,9-10,12,14,16,40H,4-5,7-8,11,13H2,1-2H3,(H2,32,44)(H,41,42). The molecule has 1 aliphatic carbocycles. The fourth-order valence-electron chi connectivity index (χ4n) is 5.95. The summed E-state index contributed by atoms with van der Waals surface area (Å²) >= 11 is 4.75. The van der Waals surface area contributed by atoms with E-state index in [1.165, 1.54) is 31.5 Å². The number of carboxylic acids is 1. The second-order valence-electron chi connectivity index (χ2n) is 11.0. The SMILES string of the molecule is COc1c(N2CCN(Cn3c(O)c(N=NC(N)=S)c4cc(F)ccc43)C(C)C2)c(F)cc2c(=O)c(C(=O)O)cn(C3CC3)c12. The second-order valence-corrected chi connectivity index (χ2v) is 11.4. The van der Waals surface area contributed by atoms with Crippen molar-refractivity contribution in [2.45, 2.75) is 38.5 Å². The summed E-state index contributed by atoms with van der Waals surface area (Å²) in [5.41, 5.74) is 5.37. The number of hydrogen-bond acceptors (Lipinski definition) is 8. The number of nitrogens with two attached hydrogens (primary N) is 1. The quantitative estimate of drug-likeness (QED) is 0.200. The highest BCUT2D eigenvalue weighted by Crippen LogP contribution is 2.44. The molecule has 1 saturated heterocycles. The van der Waals surface area contributed by atoms with Crippen LogP contribution < -0.4 is 20.8 Å². The lowest BCUT2D eigenvalue weighted by atomic mass is 10.1. The van der Waals surface area contributed by atoms with Crippen LogP contribution in [0.15, 0.2) is 45.5 Å². The Kier molecular flexibility index (Phi) is 7.45. The number of methoxy groups -OCH3 is 1. The number of thiocarbonyl (C=S) groups is 1. The Bertz CT molecular complexity index is 1940. The van der Waals surface area contributed by atoms with Crippen molar-refractivity contribution in [2.24, 2.45) is 16.0 Å². The van der Waals surface area contributed by atoms with Gasteiger partial charge in [-0.1, -0.05) is 0 Å². The Balaban J connectivity index is 1.34. The second kappa shape index (κ2) is 11.1. The van der Waals surface area contributed by atoms with Gasteiger partial charge in [0.2, 0.25) is 16.4 Å². The van der Waals surface area contributed by atoms with Crippen LogP contribution >= 0.6 is 12.2 Å². The average Bonchev–Trinajstić information content (AvgIpc) is 3.78. The number of piperazine rings is 1. The van der Waals surface area contributed by atoms with Crippen molar-refractivity contribution >= 4 is 56.5 Å². The lowest BCUT2D eigenvalue weighted by molar-refractivity contribution is 0.0694. The van der Waals surface area contributed by atoms with Crippen LogP contribution in [0.5, 0.6) is 11.6 Å². The Morgan fingerprint density at radius 3 is 2.59 bits per heavy atom. The zero-order chi connectivity index (χ0) is 31.4. The maximum Gasteiger partial charge on any atom is 0.341 e. The summed E-state index contributed by atoms with van der Waals surface area (Å²) < 4.78 is 39.0. The number of halogens is 2. The predicted molar refractivity (Wildman–Crippen MR) is 163 cm³/mol. The molecule has 1 saturated carbocycles. The summed E-state index contributed by atoms with van der Waals surface area (Å²) in [7, 11) is 1.40. The first-order valence-corrected chi connectivity index (χ1v) is 14.3. The smallest absolute Gasteiger partial charge is 0.341 e. The lowest BCUT2D eigenvalue weighted by Gasteiger charge is -2.41. The maximum absolute atomic E-state index is 15.8. The highest BCUT2D eigenvalue weighted by molar-refractivity contribution is 7.80. The fraction of sp³-hybridized carbons (Fsp3) is 0.345. The van der Waals surface area contributed by atoms with E-state index in [1.54, 1.807) is 9.13 Å². The van der Waals surface area contributed by atoms with Gasteiger partial charge >= 0.3 is 5.97 Å². The first-order valence-electron chi connectivity index (χ1n) is 13.9. The topological polar surface area (TPSA) is 151 Å². The molecule has 6 rings (SSSR count). The molecule has 0 spiro atoms. The predicted octanol–water partition coefficient (Wildman–Crippen LogP) is 4.48. The number of aromatic hydroxyl groups is 1. The third-order valence-electron chi connectivity index (χ3n) is 8.20. The molecule has 44 heavy (non-hydrogen) atoms. The van der Waals surface area contributed by atoms with E-state index in [9.17, 15) is 24.2 Å². The molecule has 230 valence electrons. The van der Waals surface area contributed by atoms with Crippen LogP contribution in [0, 0.1) is 11.6 Å². The zero-order valence-corrected chi connectivity index (χ0v) is 24.6. The van der Waals surface area contributed by atoms with Crippen molar-refractivity contribution in [1.29, 1.82) is 0 Å². The molecule has 0 radical (unpaired) electrons. The summed E-state index contributed by atoms with van der Waals surface area (Å²) in [6, 6.07) is 4.99. The molecule has 2 aromatic heterocycles. The van der Waals surface area contributed by atoms with Gasteiger partial charge in [-0.05, 0) is 56.2 Å². The summed E-state index contributed by atoms with van der Waals surface area (Å²) in [6.07, 6.45) is 2.93. The molecule has 1 atom stereocenters. The number of benzene rings is 2. The van der Waals surface area contributed by atoms with Gasteiger partial charge in [-0.3, -0.25) is 14.3 Å². The van der Waals surface area contributed by atoms with Crippen LogP contribution in [0.1, 0.15) is 36.2 Å². The molecular formula is C29H29F2N7O5S. The van der Waals surface area contributed by atoms with E-state index in [0.29, 0.717) is 36.1 Å². The number of carbonyl (C=O) groups is 1. The van der Waals surface area contributed by atoms with Gasteiger partial charge in [0.25, 0.3) is 0 Å². The monoisotopic (exact) mass is 625 g/mol. The summed E-state index contributed by atoms with van der Waals surface area (Å²) in [4.78, 5) is 28.7. The normalized spacial score (nSPS) is 17.6. The third kappa shape index (κ3) is 5.01. The fourth-order valence-corrected chi connectivity index (χ4v) is 5.99. The van der Waals surface area contributed by atoms with E-state index >= 15 is 4.39 Å². The average molecular weight is 626 g/mol. The molecule has 2 fully saturated rings. The van der Waals surface area contributed by atoms with Gasteiger partial charge in [-0.2, -0.15) is 0 Å². The van der Waals surface area contributed by atoms with Gasteiger partial charge in [-0.25, -0.2) is 13.6 Å². The largest absolute Gasteiger partial charge is 0.493 e. The number of anilines is 1. The number of rotatable bonds is 7. The number of hydrogen-bond donors (Lipinski definition) is 3. The molecule has 12 nitrogen and oxygen atoms in total. The Morgan fingerprint density at radius 1 is 1.20 bits per heavy atom. The van der Waals surface area contributed by atoms with Gasteiger partial charge in [0.1, 0.15) is 17.1 Å². The van der Waals surface area contributed by atoms with Crippen molar-refractivity contribution in [3.8, 4) is 11.6 Å². The van der Waals surface area contributed by atoms with E-state index < -0.39 is 28.6 Å². The van der Waals surface area contributed by atoms with E-state index in [4.69, 9.17) is 22.7 Å². The van der Waals surface area contributed by atoms with Gasteiger partial charge in [-0.15, -0.1) is 10.2 Å². The summed E-state index contributed by atoms with van der Waals surface area (Å²) in [6.45, 7) is 3.34. The number of carboxylic acid groups (broad SMARTS) is 1. The number of ether oxygens (including phenoxy) is 1. The lowest BCUT2D eigenvalue weighted by Crippen LogP contribution is -2.52. The third-order valence-corrected chi connectivity index (χ3v) is 8.28. The first-order chi connectivity index (χ1) is 21.0. The van der Waals surface area contributed by atoms with Crippen LogP contribution in [0.3, 0.4) is 0 Å². The number of fused-ring (bicyclic) bond motifs is 2. The van der Waals surface area contributed by atoms with E-state index in [-0.39, 0.29) is 52.3 Å². The Labute approximate surface area is 254 Å². The zero-order valence-electron chi connectivity index (χ0n) is 23.8. The summed E-state index contributed by atoms with van der Waals surface area (Å²) in [5, 5.41) is 28.3. The minimum Gasteiger partial charge on any atom is -0.493 e. The molecule has 0 amide bonds. The minimum atomic E-state index is -1.37. The summed E-state index contributed by atoms with van der Waals surface area (Å²) in [5.74, 6) is -2.64. The van der Waals surface area contributed by atoms with Crippen molar-refractivity contribution in [2.75, 3.05) is 31.6 Å². The van der Waals surface area contributed by atoms with Crippen molar-refractivity contribution in [3.63, 3.8) is 0 Å². The van der Waals surface area contributed by atoms with Crippen LogP contribution in [0.25, 0.3) is 21.8 Å². The molecule has 1 aliphatic heterocycles. The number of aromatic carboxylic acids is 1. The van der Waals surface area contributed by atoms with Gasteiger partial charge in [0.15, 0.2) is 17.3 Å². The first kappa shape index (κ1) is 29.4. The number of aromatic nitrogens is 2.